The lowest BCUT2D eigenvalue weighted by Gasteiger charge is -2.30. The molecule has 0 unspecified atom stereocenters. The van der Waals surface area contributed by atoms with Crippen LogP contribution in [0.2, 0.25) is 0 Å². The summed E-state index contributed by atoms with van der Waals surface area (Å²) in [5.74, 6) is 1.88. The fraction of sp³-hybridized carbons (Fsp3) is 0.364. The number of hydrogen-bond donors (Lipinski definition) is 1. The van der Waals surface area contributed by atoms with E-state index in [1.165, 1.54) is 0 Å². The molecule has 3 heterocycles. The van der Waals surface area contributed by atoms with Crippen molar-refractivity contribution in [2.75, 3.05) is 13.1 Å². The molecule has 0 radical (unpaired) electrons. The zero-order valence-electron chi connectivity index (χ0n) is 9.09. The molecule has 0 aromatic carbocycles. The maximum atomic E-state index is 4.23. The van der Waals surface area contributed by atoms with Crippen LogP contribution in [0.25, 0.3) is 11.4 Å². The van der Waals surface area contributed by atoms with Gasteiger partial charge in [-0.15, -0.1) is 10.2 Å². The van der Waals surface area contributed by atoms with E-state index >= 15 is 0 Å². The first kappa shape index (κ1) is 9.47. The van der Waals surface area contributed by atoms with Crippen LogP contribution in [0.4, 0.5) is 0 Å². The Morgan fingerprint density at radius 2 is 2.25 bits per heavy atom. The third kappa shape index (κ3) is 1.40. The molecule has 2 aromatic rings. The van der Waals surface area contributed by atoms with Crippen molar-refractivity contribution in [3.63, 3.8) is 0 Å². The molecule has 0 aliphatic carbocycles. The summed E-state index contributed by atoms with van der Waals surface area (Å²) in [5, 5.41) is 11.7. The summed E-state index contributed by atoms with van der Waals surface area (Å²) in [6, 6.07) is 4.41. The lowest BCUT2D eigenvalue weighted by atomic mass is 10.1. The van der Waals surface area contributed by atoms with Gasteiger partial charge >= 0.3 is 0 Å². The second-order valence-electron chi connectivity index (χ2n) is 3.99. The molecule has 1 saturated heterocycles. The number of aryl methyl sites for hydroxylation is 1. The Morgan fingerprint density at radius 3 is 2.88 bits per heavy atom. The van der Waals surface area contributed by atoms with Gasteiger partial charge in [-0.25, -0.2) is 0 Å². The highest BCUT2D eigenvalue weighted by Gasteiger charge is 2.24. The topological polar surface area (TPSA) is 55.6 Å². The maximum Gasteiger partial charge on any atom is 0.165 e. The largest absolute Gasteiger partial charge is 0.313 e. The van der Waals surface area contributed by atoms with Gasteiger partial charge in [0.05, 0.1) is 6.04 Å². The van der Waals surface area contributed by atoms with Gasteiger partial charge in [0.15, 0.2) is 5.82 Å². The summed E-state index contributed by atoms with van der Waals surface area (Å²) in [6.45, 7) is 3.98. The van der Waals surface area contributed by atoms with Gasteiger partial charge in [0, 0.05) is 31.0 Å². The summed E-state index contributed by atoms with van der Waals surface area (Å²) in [5.41, 5.74) is 1.02. The van der Waals surface area contributed by atoms with E-state index in [2.05, 4.69) is 25.1 Å². The molecule has 0 spiro atoms. The van der Waals surface area contributed by atoms with E-state index in [0.29, 0.717) is 6.04 Å². The molecule has 1 aliphatic heterocycles. The predicted octanol–water partition coefficient (Wildman–Crippen LogP) is 0.793. The van der Waals surface area contributed by atoms with E-state index in [0.717, 1.165) is 30.3 Å². The Labute approximate surface area is 93.5 Å². The normalized spacial score (nSPS) is 16.1. The molecule has 5 heteroatoms. The number of hydrogen-bond acceptors (Lipinski definition) is 4. The standard InChI is InChI=1S/C11H13N5/c1-8-14-15-11(9-3-2-4-12-5-9)16(8)10-6-13-7-10/h2-5,10,13H,6-7H2,1H3. The number of rotatable bonds is 2. The van der Waals surface area contributed by atoms with Gasteiger partial charge in [-0.3, -0.25) is 4.98 Å². The van der Waals surface area contributed by atoms with E-state index in [-0.39, 0.29) is 0 Å². The van der Waals surface area contributed by atoms with Crippen LogP contribution < -0.4 is 5.32 Å². The Bertz CT molecular complexity index is 486. The number of pyridine rings is 1. The second kappa shape index (κ2) is 3.68. The quantitative estimate of drug-likeness (QED) is 0.804. The summed E-state index contributed by atoms with van der Waals surface area (Å²) in [4.78, 5) is 4.12. The van der Waals surface area contributed by atoms with Crippen LogP contribution in [0.3, 0.4) is 0 Å². The lowest BCUT2D eigenvalue weighted by molar-refractivity contribution is 0.340. The molecule has 2 aromatic heterocycles. The molecule has 3 rings (SSSR count). The molecule has 0 amide bonds. The molecule has 16 heavy (non-hydrogen) atoms. The Hall–Kier alpha value is -1.75. The van der Waals surface area contributed by atoms with Crippen molar-refractivity contribution in [3.8, 4) is 11.4 Å². The second-order valence-corrected chi connectivity index (χ2v) is 3.99. The van der Waals surface area contributed by atoms with Gasteiger partial charge in [0.1, 0.15) is 5.82 Å². The Morgan fingerprint density at radius 1 is 1.38 bits per heavy atom. The Balaban J connectivity index is 2.07. The zero-order valence-corrected chi connectivity index (χ0v) is 9.09. The maximum absolute atomic E-state index is 4.23. The van der Waals surface area contributed by atoms with E-state index in [9.17, 15) is 0 Å². The minimum absolute atomic E-state index is 0.477. The van der Waals surface area contributed by atoms with E-state index in [1.54, 1.807) is 6.20 Å². The molecule has 1 N–H and O–H groups in total. The summed E-state index contributed by atoms with van der Waals surface area (Å²) in [6.07, 6.45) is 3.59. The first-order valence-corrected chi connectivity index (χ1v) is 5.39. The summed E-state index contributed by atoms with van der Waals surface area (Å²) in [7, 11) is 0. The summed E-state index contributed by atoms with van der Waals surface area (Å²) < 4.78 is 2.19. The smallest absolute Gasteiger partial charge is 0.165 e. The average molecular weight is 215 g/mol. The van der Waals surface area contributed by atoms with Gasteiger partial charge < -0.3 is 9.88 Å². The molecule has 82 valence electrons. The molecular formula is C11H13N5. The fourth-order valence-electron chi connectivity index (χ4n) is 1.95. The number of aromatic nitrogens is 4. The Kier molecular flexibility index (Phi) is 2.18. The van der Waals surface area contributed by atoms with Crippen molar-refractivity contribution in [3.05, 3.63) is 30.4 Å². The van der Waals surface area contributed by atoms with E-state index in [1.807, 2.05) is 25.3 Å². The highest BCUT2D eigenvalue weighted by molar-refractivity contribution is 5.53. The van der Waals surface area contributed by atoms with Crippen molar-refractivity contribution in [2.24, 2.45) is 0 Å². The fourth-order valence-corrected chi connectivity index (χ4v) is 1.95. The van der Waals surface area contributed by atoms with Crippen LogP contribution in [-0.4, -0.2) is 32.8 Å². The zero-order chi connectivity index (χ0) is 11.0. The van der Waals surface area contributed by atoms with Crippen LogP contribution in [0.15, 0.2) is 24.5 Å². The molecule has 1 fully saturated rings. The predicted molar refractivity (Wildman–Crippen MR) is 59.9 cm³/mol. The highest BCUT2D eigenvalue weighted by Crippen LogP contribution is 2.23. The van der Waals surface area contributed by atoms with Crippen molar-refractivity contribution in [1.82, 2.24) is 25.1 Å². The molecule has 5 nitrogen and oxygen atoms in total. The minimum Gasteiger partial charge on any atom is -0.313 e. The van der Waals surface area contributed by atoms with Crippen LogP contribution in [0.1, 0.15) is 11.9 Å². The van der Waals surface area contributed by atoms with Crippen LogP contribution in [-0.2, 0) is 0 Å². The number of nitrogens with zero attached hydrogens (tertiary/aromatic N) is 4. The average Bonchev–Trinajstić information content (AvgIpc) is 2.60. The van der Waals surface area contributed by atoms with Gasteiger partial charge in [-0.2, -0.15) is 0 Å². The van der Waals surface area contributed by atoms with Crippen LogP contribution >= 0.6 is 0 Å². The van der Waals surface area contributed by atoms with Gasteiger partial charge in [-0.05, 0) is 19.1 Å². The van der Waals surface area contributed by atoms with Gasteiger partial charge in [-0.1, -0.05) is 0 Å². The SMILES string of the molecule is Cc1nnc(-c2cccnc2)n1C1CNC1. The molecule has 0 saturated carbocycles. The molecule has 0 atom stereocenters. The minimum atomic E-state index is 0.477. The van der Waals surface area contributed by atoms with E-state index < -0.39 is 0 Å². The monoisotopic (exact) mass is 215 g/mol. The summed E-state index contributed by atoms with van der Waals surface area (Å²) >= 11 is 0. The van der Waals surface area contributed by atoms with Gasteiger partial charge in [0.2, 0.25) is 0 Å². The number of nitrogens with one attached hydrogen (secondary N) is 1. The van der Waals surface area contributed by atoms with Gasteiger partial charge in [0.25, 0.3) is 0 Å². The van der Waals surface area contributed by atoms with Crippen LogP contribution in [0, 0.1) is 6.92 Å². The van der Waals surface area contributed by atoms with E-state index in [4.69, 9.17) is 0 Å². The lowest BCUT2D eigenvalue weighted by Crippen LogP contribution is -2.44. The first-order chi connectivity index (χ1) is 7.86. The van der Waals surface area contributed by atoms with Crippen molar-refractivity contribution >= 4 is 0 Å². The van der Waals surface area contributed by atoms with Crippen molar-refractivity contribution in [2.45, 2.75) is 13.0 Å². The molecular weight excluding hydrogens is 202 g/mol. The first-order valence-electron chi connectivity index (χ1n) is 5.39. The van der Waals surface area contributed by atoms with Crippen molar-refractivity contribution in [1.29, 1.82) is 0 Å². The third-order valence-electron chi connectivity index (χ3n) is 2.91. The molecule has 1 aliphatic rings. The highest BCUT2D eigenvalue weighted by atomic mass is 15.3. The molecule has 0 bridgehead atoms. The van der Waals surface area contributed by atoms with Crippen LogP contribution in [0.5, 0.6) is 0 Å². The third-order valence-corrected chi connectivity index (χ3v) is 2.91. The van der Waals surface area contributed by atoms with Crippen molar-refractivity contribution < 1.29 is 0 Å².